The molecule has 2 atom stereocenters. The highest BCUT2D eigenvalue weighted by molar-refractivity contribution is 7.90. The van der Waals surface area contributed by atoms with Crippen LogP contribution in [0.15, 0.2) is 42.5 Å². The third-order valence-electron chi connectivity index (χ3n) is 5.40. The van der Waals surface area contributed by atoms with Crippen LogP contribution < -0.4 is 15.6 Å². The van der Waals surface area contributed by atoms with Crippen LogP contribution in [-0.2, 0) is 10.0 Å². The molecule has 2 aromatic carbocycles. The van der Waals surface area contributed by atoms with Gasteiger partial charge in [-0.2, -0.15) is 0 Å². The molecule has 156 valence electrons. The summed E-state index contributed by atoms with van der Waals surface area (Å²) < 4.78 is 39.7. The van der Waals surface area contributed by atoms with Gasteiger partial charge in [-0.3, -0.25) is 10.2 Å². The second-order valence-electron chi connectivity index (χ2n) is 7.43. The van der Waals surface area contributed by atoms with E-state index in [1.54, 1.807) is 19.9 Å². The summed E-state index contributed by atoms with van der Waals surface area (Å²) in [7, 11) is -3.79. The van der Waals surface area contributed by atoms with Crippen molar-refractivity contribution >= 4 is 15.9 Å². The maximum Gasteiger partial charge on any atom is 0.269 e. The summed E-state index contributed by atoms with van der Waals surface area (Å²) in [5.74, 6) is -1.55. The number of aryl methyl sites for hydroxylation is 1. The van der Waals surface area contributed by atoms with Crippen molar-refractivity contribution in [2.75, 3.05) is 13.1 Å². The van der Waals surface area contributed by atoms with Crippen molar-refractivity contribution in [2.45, 2.75) is 31.9 Å². The van der Waals surface area contributed by atoms with Crippen molar-refractivity contribution in [1.29, 1.82) is 0 Å². The Labute approximate surface area is 170 Å². The van der Waals surface area contributed by atoms with Crippen LogP contribution in [0.25, 0.3) is 11.1 Å². The van der Waals surface area contributed by atoms with Crippen molar-refractivity contribution in [3.63, 3.8) is 0 Å². The van der Waals surface area contributed by atoms with E-state index in [9.17, 15) is 17.6 Å². The van der Waals surface area contributed by atoms with E-state index in [-0.39, 0.29) is 11.5 Å². The molecule has 2 unspecified atom stereocenters. The number of hydrazine groups is 1. The Bertz CT molecular complexity index is 974. The molecule has 1 fully saturated rings. The lowest BCUT2D eigenvalue weighted by molar-refractivity contribution is 0.0940. The second-order valence-corrected chi connectivity index (χ2v) is 9.47. The average Bonchev–Trinajstić information content (AvgIpc) is 2.74. The number of hydrogen-bond acceptors (Lipinski definition) is 4. The van der Waals surface area contributed by atoms with E-state index < -0.39 is 27.0 Å². The lowest BCUT2D eigenvalue weighted by Crippen LogP contribution is -2.49. The maximum atomic E-state index is 14.6. The van der Waals surface area contributed by atoms with E-state index in [2.05, 4.69) is 15.6 Å². The molecule has 0 saturated carbocycles. The Hall–Kier alpha value is -2.29. The molecule has 1 amide bonds. The van der Waals surface area contributed by atoms with Gasteiger partial charge in [0, 0.05) is 0 Å². The zero-order valence-electron chi connectivity index (χ0n) is 16.5. The summed E-state index contributed by atoms with van der Waals surface area (Å²) in [6.45, 7) is 4.68. The summed E-state index contributed by atoms with van der Waals surface area (Å²) in [6.07, 6.45) is 1.71. The smallest absolute Gasteiger partial charge is 0.269 e. The van der Waals surface area contributed by atoms with Crippen LogP contribution in [0.3, 0.4) is 0 Å². The van der Waals surface area contributed by atoms with E-state index in [1.807, 2.05) is 30.3 Å². The Balaban J connectivity index is 1.76. The van der Waals surface area contributed by atoms with Crippen LogP contribution in [0.4, 0.5) is 4.39 Å². The fraction of sp³-hybridized carbons (Fsp3) is 0.381. The summed E-state index contributed by atoms with van der Waals surface area (Å²) in [4.78, 5) is 14.7. The Morgan fingerprint density at radius 1 is 1.21 bits per heavy atom. The Morgan fingerprint density at radius 3 is 2.59 bits per heavy atom. The zero-order valence-corrected chi connectivity index (χ0v) is 17.4. The molecule has 0 radical (unpaired) electrons. The van der Waals surface area contributed by atoms with Crippen molar-refractivity contribution in [3.05, 3.63) is 59.4 Å². The molecule has 6 nitrogen and oxygen atoms in total. The van der Waals surface area contributed by atoms with Gasteiger partial charge in [0.1, 0.15) is 5.82 Å². The van der Waals surface area contributed by atoms with Crippen LogP contribution in [0, 0.1) is 18.7 Å². The van der Waals surface area contributed by atoms with Gasteiger partial charge in [-0.1, -0.05) is 30.3 Å². The van der Waals surface area contributed by atoms with Gasteiger partial charge in [-0.25, -0.2) is 12.8 Å². The van der Waals surface area contributed by atoms with Crippen LogP contribution in [-0.4, -0.2) is 32.7 Å². The second kappa shape index (κ2) is 9.02. The van der Waals surface area contributed by atoms with Crippen LogP contribution in [0.5, 0.6) is 0 Å². The molecular formula is C21H26FN3O3S. The maximum absolute atomic E-state index is 14.6. The predicted octanol–water partition coefficient (Wildman–Crippen LogP) is 2.75. The molecule has 3 rings (SSSR count). The monoisotopic (exact) mass is 419 g/mol. The molecule has 2 aromatic rings. The van der Waals surface area contributed by atoms with E-state index in [0.29, 0.717) is 17.7 Å². The molecule has 0 bridgehead atoms. The summed E-state index contributed by atoms with van der Waals surface area (Å²) >= 11 is 0. The number of rotatable bonds is 6. The molecule has 0 aromatic heterocycles. The largest absolute Gasteiger partial charge is 0.316 e. The topological polar surface area (TPSA) is 87.3 Å². The molecule has 1 saturated heterocycles. The third-order valence-corrected chi connectivity index (χ3v) is 7.15. The summed E-state index contributed by atoms with van der Waals surface area (Å²) in [5.41, 5.74) is 3.78. The fourth-order valence-corrected chi connectivity index (χ4v) is 4.70. The molecule has 0 spiro atoms. The molecule has 3 N–H and O–H groups in total. The number of sulfonamides is 1. The molecule has 8 heteroatoms. The van der Waals surface area contributed by atoms with Gasteiger partial charge in [0.05, 0.1) is 10.8 Å². The molecule has 29 heavy (non-hydrogen) atoms. The highest BCUT2D eigenvalue weighted by Crippen LogP contribution is 2.25. The first-order valence-corrected chi connectivity index (χ1v) is 11.2. The number of benzene rings is 2. The number of carbonyl (C=O) groups is 1. The highest BCUT2D eigenvalue weighted by Gasteiger charge is 2.31. The predicted molar refractivity (Wildman–Crippen MR) is 111 cm³/mol. The first kappa shape index (κ1) is 21.4. The SMILES string of the molecule is Cc1cc(-c2ccccc2)cc(C(=O)NNS(=O)(=O)C(C)C2CCCNC2)c1F. The lowest BCUT2D eigenvalue weighted by Gasteiger charge is -2.28. The van der Waals surface area contributed by atoms with Crippen molar-refractivity contribution in [2.24, 2.45) is 5.92 Å². The van der Waals surface area contributed by atoms with Crippen LogP contribution in [0.1, 0.15) is 35.7 Å². The number of amides is 1. The minimum atomic E-state index is -3.79. The van der Waals surface area contributed by atoms with Gasteiger partial charge in [0.25, 0.3) is 5.91 Å². The summed E-state index contributed by atoms with van der Waals surface area (Å²) in [6, 6.07) is 12.4. The average molecular weight is 420 g/mol. The number of piperidine rings is 1. The highest BCUT2D eigenvalue weighted by atomic mass is 32.2. The lowest BCUT2D eigenvalue weighted by atomic mass is 9.97. The van der Waals surface area contributed by atoms with Gasteiger partial charge in [-0.05, 0) is 74.5 Å². The Kier molecular flexibility index (Phi) is 6.66. The number of halogens is 1. The zero-order chi connectivity index (χ0) is 21.0. The minimum absolute atomic E-state index is 0.0430. The van der Waals surface area contributed by atoms with Crippen molar-refractivity contribution < 1.29 is 17.6 Å². The Morgan fingerprint density at radius 2 is 1.93 bits per heavy atom. The quantitative estimate of drug-likeness (QED) is 0.629. The minimum Gasteiger partial charge on any atom is -0.316 e. The standard InChI is InChI=1S/C21H26FN3O3S/c1-14-11-18(16-7-4-3-5-8-16)12-19(20(14)22)21(26)24-25-29(27,28)15(2)17-9-6-10-23-13-17/h3-5,7-8,11-12,15,17,23,25H,6,9-10,13H2,1-2H3,(H,24,26). The third kappa shape index (κ3) is 5.01. The van der Waals surface area contributed by atoms with Crippen LogP contribution in [0.2, 0.25) is 0 Å². The molecule has 0 aliphatic carbocycles. The normalized spacial score (nSPS) is 18.2. The summed E-state index contributed by atoms with van der Waals surface area (Å²) in [5, 5.41) is 2.50. The van der Waals surface area contributed by atoms with E-state index in [1.165, 1.54) is 6.07 Å². The number of hydrogen-bond donors (Lipinski definition) is 3. The molecule has 1 aliphatic heterocycles. The van der Waals surface area contributed by atoms with Gasteiger partial charge < -0.3 is 5.32 Å². The van der Waals surface area contributed by atoms with E-state index in [4.69, 9.17) is 0 Å². The van der Waals surface area contributed by atoms with Crippen molar-refractivity contribution in [1.82, 2.24) is 15.6 Å². The van der Waals surface area contributed by atoms with Gasteiger partial charge >= 0.3 is 0 Å². The molecule has 1 aliphatic rings. The van der Waals surface area contributed by atoms with Gasteiger partial charge in [-0.15, -0.1) is 4.83 Å². The van der Waals surface area contributed by atoms with Gasteiger partial charge in [0.2, 0.25) is 10.0 Å². The van der Waals surface area contributed by atoms with E-state index >= 15 is 0 Å². The molecule has 1 heterocycles. The van der Waals surface area contributed by atoms with Gasteiger partial charge in [0.15, 0.2) is 0 Å². The number of nitrogens with one attached hydrogen (secondary N) is 3. The first-order chi connectivity index (χ1) is 13.8. The first-order valence-electron chi connectivity index (χ1n) is 9.67. The van der Waals surface area contributed by atoms with E-state index in [0.717, 1.165) is 24.9 Å². The van der Waals surface area contributed by atoms with Crippen LogP contribution >= 0.6 is 0 Å². The molecular weight excluding hydrogens is 393 g/mol. The number of carbonyl (C=O) groups excluding carboxylic acids is 1. The van der Waals surface area contributed by atoms with Crippen molar-refractivity contribution in [3.8, 4) is 11.1 Å². The fourth-order valence-electron chi connectivity index (χ4n) is 3.54.